The molecule has 186 valence electrons. The lowest BCUT2D eigenvalue weighted by molar-refractivity contribution is 0.0728. The van der Waals surface area contributed by atoms with Crippen LogP contribution in [0.4, 0.5) is 0 Å². The van der Waals surface area contributed by atoms with Crippen LogP contribution >= 0.6 is 0 Å². The summed E-state index contributed by atoms with van der Waals surface area (Å²) in [5.74, 6) is 1.22. The van der Waals surface area contributed by atoms with Gasteiger partial charge in [-0.05, 0) is 62.2 Å². The summed E-state index contributed by atoms with van der Waals surface area (Å²) in [7, 11) is 1.49. The van der Waals surface area contributed by atoms with Crippen LogP contribution in [0.15, 0.2) is 60.7 Å². The third kappa shape index (κ3) is 6.36. The number of rotatable bonds is 11. The smallest absolute Gasteiger partial charge is 0.343 e. The van der Waals surface area contributed by atoms with Crippen LogP contribution in [-0.2, 0) is 0 Å². The van der Waals surface area contributed by atoms with Gasteiger partial charge in [0.1, 0.15) is 0 Å². The van der Waals surface area contributed by atoms with Gasteiger partial charge in [0.05, 0.1) is 44.1 Å². The quantitative estimate of drug-likeness (QED) is 0.138. The van der Waals surface area contributed by atoms with Crippen LogP contribution in [0.3, 0.4) is 0 Å². The first kappa shape index (κ1) is 26.2. The molecule has 0 bridgehead atoms. The highest BCUT2D eigenvalue weighted by Crippen LogP contribution is 2.40. The Kier molecular flexibility index (Phi) is 9.35. The van der Waals surface area contributed by atoms with Gasteiger partial charge in [0.2, 0.25) is 5.75 Å². The number of benzene rings is 3. The fourth-order valence-electron chi connectivity index (χ4n) is 3.49. The minimum Gasteiger partial charge on any atom is -0.493 e. The van der Waals surface area contributed by atoms with Crippen molar-refractivity contribution in [3.05, 3.63) is 77.4 Å². The van der Waals surface area contributed by atoms with E-state index in [-0.39, 0.29) is 11.3 Å². The van der Waals surface area contributed by atoms with Gasteiger partial charge in [-0.3, -0.25) is 0 Å². The topological polar surface area (TPSA) is 87.0 Å². The van der Waals surface area contributed by atoms with Gasteiger partial charge >= 0.3 is 5.97 Å². The number of carbonyl (C=O) groups excluding carboxylic acids is 1. The summed E-state index contributed by atoms with van der Waals surface area (Å²) in [5, 5.41) is 9.59. The lowest BCUT2D eigenvalue weighted by Gasteiger charge is -2.17. The lowest BCUT2D eigenvalue weighted by atomic mass is 10.0. The minimum absolute atomic E-state index is 0.239. The van der Waals surface area contributed by atoms with Gasteiger partial charge in [-0.2, -0.15) is 5.26 Å². The zero-order valence-electron chi connectivity index (χ0n) is 20.9. The third-order valence-corrected chi connectivity index (χ3v) is 5.05. The molecule has 3 rings (SSSR count). The molecule has 7 heteroatoms. The number of nitriles is 1. The maximum absolute atomic E-state index is 13.1. The van der Waals surface area contributed by atoms with Crippen molar-refractivity contribution in [1.82, 2.24) is 0 Å². The SMILES string of the molecule is CCOc1cc(C(=O)Oc2ccc(/C=C(/C#N)c3ccccc3)cc2OC)cc(OCC)c1OCC. The Hall–Kier alpha value is -4.44. The van der Waals surface area contributed by atoms with E-state index >= 15 is 0 Å². The molecule has 36 heavy (non-hydrogen) atoms. The molecule has 0 atom stereocenters. The molecule has 0 spiro atoms. The molecule has 0 unspecified atom stereocenters. The zero-order valence-corrected chi connectivity index (χ0v) is 20.9. The predicted octanol–water partition coefficient (Wildman–Crippen LogP) is 6.17. The Morgan fingerprint density at radius 3 is 2.00 bits per heavy atom. The second kappa shape index (κ2) is 12.9. The van der Waals surface area contributed by atoms with Crippen LogP contribution in [-0.4, -0.2) is 32.9 Å². The molecule has 3 aromatic carbocycles. The molecule has 3 aromatic rings. The molecule has 7 nitrogen and oxygen atoms in total. The maximum atomic E-state index is 13.1. The monoisotopic (exact) mass is 487 g/mol. The van der Waals surface area contributed by atoms with Crippen LogP contribution in [0.25, 0.3) is 11.6 Å². The Morgan fingerprint density at radius 1 is 0.806 bits per heavy atom. The summed E-state index contributed by atoms with van der Waals surface area (Å²) in [6.45, 7) is 6.74. The summed E-state index contributed by atoms with van der Waals surface area (Å²) in [5.41, 5.74) is 2.28. The van der Waals surface area contributed by atoms with E-state index in [9.17, 15) is 10.1 Å². The standard InChI is InChI=1S/C29H29NO6/c1-5-33-26-17-22(18-27(34-6-2)28(26)35-7-3)29(31)36-24-14-13-20(16-25(24)32-4)15-23(19-30)21-11-9-8-10-12-21/h8-18H,5-7H2,1-4H3/b23-15-. The summed E-state index contributed by atoms with van der Waals surface area (Å²) >= 11 is 0. The van der Waals surface area contributed by atoms with Gasteiger partial charge in [0, 0.05) is 0 Å². The van der Waals surface area contributed by atoms with Crippen molar-refractivity contribution in [2.24, 2.45) is 0 Å². The van der Waals surface area contributed by atoms with Crippen molar-refractivity contribution in [3.8, 4) is 34.8 Å². The summed E-state index contributed by atoms with van der Waals surface area (Å²) < 4.78 is 28.2. The van der Waals surface area contributed by atoms with E-state index in [0.29, 0.717) is 48.4 Å². The number of hydrogen-bond acceptors (Lipinski definition) is 7. The molecule has 0 aliphatic heterocycles. The fourth-order valence-corrected chi connectivity index (χ4v) is 3.49. The van der Waals surface area contributed by atoms with E-state index in [1.165, 1.54) is 7.11 Å². The van der Waals surface area contributed by atoms with E-state index in [0.717, 1.165) is 11.1 Å². The van der Waals surface area contributed by atoms with Crippen molar-refractivity contribution in [3.63, 3.8) is 0 Å². The Balaban J connectivity index is 1.91. The summed E-state index contributed by atoms with van der Waals surface area (Å²) in [6.07, 6.45) is 1.75. The van der Waals surface area contributed by atoms with Crippen LogP contribution in [0.2, 0.25) is 0 Å². The van der Waals surface area contributed by atoms with E-state index in [2.05, 4.69) is 6.07 Å². The second-order valence-electron chi connectivity index (χ2n) is 7.44. The lowest BCUT2D eigenvalue weighted by Crippen LogP contribution is -2.11. The maximum Gasteiger partial charge on any atom is 0.343 e. The minimum atomic E-state index is -0.608. The van der Waals surface area contributed by atoms with Crippen LogP contribution < -0.4 is 23.7 Å². The summed E-state index contributed by atoms with van der Waals surface area (Å²) in [6, 6.07) is 19.8. The fraction of sp³-hybridized carbons (Fsp3) is 0.241. The number of carbonyl (C=O) groups is 1. The van der Waals surface area contributed by atoms with Gasteiger partial charge in [0.15, 0.2) is 23.0 Å². The van der Waals surface area contributed by atoms with Crippen LogP contribution in [0.1, 0.15) is 42.3 Å². The number of nitrogens with zero attached hydrogens (tertiary/aromatic N) is 1. The zero-order chi connectivity index (χ0) is 25.9. The van der Waals surface area contributed by atoms with Crippen LogP contribution in [0.5, 0.6) is 28.7 Å². The molecule has 0 fully saturated rings. The van der Waals surface area contributed by atoms with Crippen molar-refractivity contribution < 1.29 is 28.5 Å². The molecular weight excluding hydrogens is 458 g/mol. The van der Waals surface area contributed by atoms with Crippen molar-refractivity contribution >= 4 is 17.6 Å². The number of ether oxygens (including phenoxy) is 5. The predicted molar refractivity (Wildman–Crippen MR) is 138 cm³/mol. The Bertz CT molecular complexity index is 1230. The van der Waals surface area contributed by atoms with E-state index < -0.39 is 5.97 Å². The van der Waals surface area contributed by atoms with Gasteiger partial charge in [-0.15, -0.1) is 0 Å². The molecule has 0 heterocycles. The third-order valence-electron chi connectivity index (χ3n) is 5.05. The number of esters is 1. The van der Waals surface area contributed by atoms with Crippen molar-refractivity contribution in [1.29, 1.82) is 5.26 Å². The molecule has 0 aliphatic carbocycles. The first-order chi connectivity index (χ1) is 17.5. The average Bonchev–Trinajstić information content (AvgIpc) is 2.90. The van der Waals surface area contributed by atoms with E-state index in [1.807, 2.05) is 51.1 Å². The van der Waals surface area contributed by atoms with Gasteiger partial charge in [-0.1, -0.05) is 36.4 Å². The molecule has 0 amide bonds. The number of hydrogen-bond donors (Lipinski definition) is 0. The molecular formula is C29H29NO6. The number of methoxy groups -OCH3 is 1. The van der Waals surface area contributed by atoms with Crippen molar-refractivity contribution in [2.75, 3.05) is 26.9 Å². The highest BCUT2D eigenvalue weighted by atomic mass is 16.6. The molecule has 0 saturated carbocycles. The molecule has 0 aromatic heterocycles. The molecule has 0 saturated heterocycles. The number of allylic oxidation sites excluding steroid dienone is 1. The van der Waals surface area contributed by atoms with Gasteiger partial charge in [-0.25, -0.2) is 4.79 Å². The highest BCUT2D eigenvalue weighted by molar-refractivity contribution is 5.93. The van der Waals surface area contributed by atoms with Gasteiger partial charge < -0.3 is 23.7 Å². The molecule has 0 radical (unpaired) electrons. The highest BCUT2D eigenvalue weighted by Gasteiger charge is 2.20. The molecule has 0 aliphatic rings. The Morgan fingerprint density at radius 2 is 1.44 bits per heavy atom. The largest absolute Gasteiger partial charge is 0.493 e. The first-order valence-corrected chi connectivity index (χ1v) is 11.7. The average molecular weight is 488 g/mol. The molecule has 0 N–H and O–H groups in total. The first-order valence-electron chi connectivity index (χ1n) is 11.7. The Labute approximate surface area is 211 Å². The van der Waals surface area contributed by atoms with E-state index in [4.69, 9.17) is 23.7 Å². The van der Waals surface area contributed by atoms with Gasteiger partial charge in [0.25, 0.3) is 0 Å². The van der Waals surface area contributed by atoms with Crippen LogP contribution in [0, 0.1) is 11.3 Å². The van der Waals surface area contributed by atoms with E-state index in [1.54, 1.807) is 36.4 Å². The normalized spacial score (nSPS) is 10.8. The second-order valence-corrected chi connectivity index (χ2v) is 7.44. The van der Waals surface area contributed by atoms with Crippen molar-refractivity contribution in [2.45, 2.75) is 20.8 Å². The summed E-state index contributed by atoms with van der Waals surface area (Å²) in [4.78, 5) is 13.1.